The van der Waals surface area contributed by atoms with Crippen molar-refractivity contribution >= 4 is 29.2 Å². The summed E-state index contributed by atoms with van der Waals surface area (Å²) in [5.41, 5.74) is 0.985. The second-order valence-electron chi connectivity index (χ2n) is 10.7. The van der Waals surface area contributed by atoms with Gasteiger partial charge in [-0.05, 0) is 48.2 Å². The first-order valence-corrected chi connectivity index (χ1v) is 14.1. The van der Waals surface area contributed by atoms with Gasteiger partial charge in [-0.3, -0.25) is 14.4 Å². The van der Waals surface area contributed by atoms with E-state index in [1.54, 1.807) is 22.9 Å². The molecule has 0 N–H and O–H groups in total. The average Bonchev–Trinajstić information content (AvgIpc) is 3.35. The van der Waals surface area contributed by atoms with Crippen LogP contribution in [-0.2, 0) is 16.6 Å². The molecule has 0 saturated carbocycles. The maximum atomic E-state index is 15.0. The summed E-state index contributed by atoms with van der Waals surface area (Å²) < 4.78 is 30.0. The Kier molecular flexibility index (Phi) is 8.40. The SMILES string of the molecule is CC(=O)N1CCN(C(=O)C2CN(c3ccc(=O)n(C)n3)CC2c2ccc(F)cc2F)CCCC1c1ccc(Cl)cc1. The Bertz CT molecular complexity index is 1500. The Morgan fingerprint density at radius 2 is 1.73 bits per heavy atom. The van der Waals surface area contributed by atoms with E-state index in [0.717, 1.165) is 11.6 Å². The first-order valence-electron chi connectivity index (χ1n) is 13.7. The van der Waals surface area contributed by atoms with Crippen molar-refractivity contribution in [1.82, 2.24) is 19.6 Å². The van der Waals surface area contributed by atoms with E-state index in [1.807, 2.05) is 29.2 Å². The second-order valence-corrected chi connectivity index (χ2v) is 11.1. The summed E-state index contributed by atoms with van der Waals surface area (Å²) in [5, 5.41) is 4.95. The number of carbonyl (C=O) groups is 2. The van der Waals surface area contributed by atoms with Crippen LogP contribution in [0.5, 0.6) is 0 Å². The summed E-state index contributed by atoms with van der Waals surface area (Å²) in [7, 11) is 1.54. The molecule has 2 amide bonds. The van der Waals surface area contributed by atoms with E-state index in [0.29, 0.717) is 43.3 Å². The first kappa shape index (κ1) is 28.7. The maximum Gasteiger partial charge on any atom is 0.266 e. The summed E-state index contributed by atoms with van der Waals surface area (Å²) in [6.45, 7) is 3.22. The standard InChI is InChI=1S/C30H32ClF2N5O3/c1-19(39)38-15-14-36(13-3-4-27(38)20-5-7-21(31)8-6-20)30(41)25-18-37(28-11-12-29(40)35(2)34-28)17-24(25)23-10-9-22(32)16-26(23)33/h5-12,16,24-25,27H,3-4,13-15,17-18H2,1-2H3. The lowest BCUT2D eigenvalue weighted by molar-refractivity contribution is -0.139. The number of anilines is 1. The zero-order valence-electron chi connectivity index (χ0n) is 23.0. The van der Waals surface area contributed by atoms with Gasteiger partial charge in [0.05, 0.1) is 12.0 Å². The molecule has 2 saturated heterocycles. The number of rotatable bonds is 4. The number of amides is 2. The van der Waals surface area contributed by atoms with E-state index < -0.39 is 23.5 Å². The molecule has 1 aromatic heterocycles. The molecule has 41 heavy (non-hydrogen) atoms. The van der Waals surface area contributed by atoms with Gasteiger partial charge >= 0.3 is 0 Å². The molecule has 3 heterocycles. The van der Waals surface area contributed by atoms with Gasteiger partial charge in [0.1, 0.15) is 17.5 Å². The average molecular weight is 584 g/mol. The van der Waals surface area contributed by atoms with Gasteiger partial charge in [0.25, 0.3) is 5.56 Å². The van der Waals surface area contributed by atoms with Gasteiger partial charge in [-0.1, -0.05) is 29.8 Å². The minimum absolute atomic E-state index is 0.0849. The quantitative estimate of drug-likeness (QED) is 0.461. The Morgan fingerprint density at radius 3 is 2.41 bits per heavy atom. The third-order valence-electron chi connectivity index (χ3n) is 8.13. The van der Waals surface area contributed by atoms with Crippen LogP contribution in [0.25, 0.3) is 0 Å². The summed E-state index contributed by atoms with van der Waals surface area (Å²) in [4.78, 5) is 44.1. The highest BCUT2D eigenvalue weighted by Gasteiger charge is 2.42. The van der Waals surface area contributed by atoms with Crippen molar-refractivity contribution in [2.45, 2.75) is 31.7 Å². The van der Waals surface area contributed by atoms with E-state index in [9.17, 15) is 18.8 Å². The molecule has 0 bridgehead atoms. The zero-order chi connectivity index (χ0) is 29.3. The van der Waals surface area contributed by atoms with Crippen molar-refractivity contribution < 1.29 is 18.4 Å². The van der Waals surface area contributed by atoms with Crippen LogP contribution in [0.3, 0.4) is 0 Å². The molecule has 0 spiro atoms. The summed E-state index contributed by atoms with van der Waals surface area (Å²) in [5.74, 6) is -2.32. The minimum Gasteiger partial charge on any atom is -0.354 e. The van der Waals surface area contributed by atoms with Crippen molar-refractivity contribution in [2.24, 2.45) is 13.0 Å². The molecule has 216 valence electrons. The number of aryl methyl sites for hydroxylation is 1. The topological polar surface area (TPSA) is 78.8 Å². The molecule has 5 rings (SSSR count). The van der Waals surface area contributed by atoms with Crippen LogP contribution < -0.4 is 10.5 Å². The van der Waals surface area contributed by atoms with Crippen molar-refractivity contribution in [2.75, 3.05) is 37.6 Å². The first-order chi connectivity index (χ1) is 19.6. The number of nitrogens with zero attached hydrogens (tertiary/aromatic N) is 5. The number of aromatic nitrogens is 2. The number of hydrogen-bond acceptors (Lipinski definition) is 5. The minimum atomic E-state index is -0.704. The van der Waals surface area contributed by atoms with Crippen molar-refractivity contribution in [3.05, 3.63) is 92.7 Å². The Labute approximate surface area is 242 Å². The zero-order valence-corrected chi connectivity index (χ0v) is 23.7. The van der Waals surface area contributed by atoms with Crippen molar-refractivity contribution in [3.8, 4) is 0 Å². The fourth-order valence-electron chi connectivity index (χ4n) is 6.01. The third-order valence-corrected chi connectivity index (χ3v) is 8.38. The van der Waals surface area contributed by atoms with Crippen LogP contribution in [-0.4, -0.2) is 64.1 Å². The molecule has 8 nitrogen and oxygen atoms in total. The second kappa shape index (κ2) is 12.0. The summed E-state index contributed by atoms with van der Waals surface area (Å²) in [6, 6.07) is 13.8. The number of halogens is 3. The fourth-order valence-corrected chi connectivity index (χ4v) is 6.13. The fraction of sp³-hybridized carbons (Fsp3) is 0.400. The molecule has 3 aromatic rings. The van der Waals surface area contributed by atoms with E-state index in [-0.39, 0.29) is 42.1 Å². The lowest BCUT2D eigenvalue weighted by Gasteiger charge is -2.38. The van der Waals surface area contributed by atoms with Gasteiger partial charge in [-0.2, -0.15) is 5.10 Å². The van der Waals surface area contributed by atoms with E-state index in [2.05, 4.69) is 5.10 Å². The van der Waals surface area contributed by atoms with Gasteiger partial charge in [-0.25, -0.2) is 13.5 Å². The Balaban J connectivity index is 1.40. The number of carbonyl (C=O) groups excluding carboxylic acids is 2. The molecule has 2 aromatic carbocycles. The predicted molar refractivity (Wildman–Crippen MR) is 152 cm³/mol. The van der Waals surface area contributed by atoms with Crippen LogP contribution in [0.2, 0.25) is 5.02 Å². The lowest BCUT2D eigenvalue weighted by Crippen LogP contribution is -2.47. The van der Waals surface area contributed by atoms with Gasteiger partial charge in [0, 0.05) is 69.8 Å². The molecule has 2 aliphatic rings. The highest BCUT2D eigenvalue weighted by Crippen LogP contribution is 2.38. The van der Waals surface area contributed by atoms with E-state index >= 15 is 4.39 Å². The molecule has 3 atom stereocenters. The van der Waals surface area contributed by atoms with Gasteiger partial charge < -0.3 is 14.7 Å². The van der Waals surface area contributed by atoms with Crippen LogP contribution >= 0.6 is 11.6 Å². The van der Waals surface area contributed by atoms with Gasteiger partial charge in [-0.15, -0.1) is 0 Å². The smallest absolute Gasteiger partial charge is 0.266 e. The van der Waals surface area contributed by atoms with Gasteiger partial charge in [0.15, 0.2) is 0 Å². The highest BCUT2D eigenvalue weighted by molar-refractivity contribution is 6.30. The van der Waals surface area contributed by atoms with E-state index in [1.165, 1.54) is 29.8 Å². The summed E-state index contributed by atoms with van der Waals surface area (Å²) in [6.07, 6.45) is 1.33. The largest absolute Gasteiger partial charge is 0.354 e. The molecular formula is C30H32ClF2N5O3. The highest BCUT2D eigenvalue weighted by atomic mass is 35.5. The van der Waals surface area contributed by atoms with Crippen molar-refractivity contribution in [1.29, 1.82) is 0 Å². The Hall–Kier alpha value is -3.79. The Morgan fingerprint density at radius 1 is 0.976 bits per heavy atom. The predicted octanol–water partition coefficient (Wildman–Crippen LogP) is 4.14. The molecule has 2 aliphatic heterocycles. The molecule has 0 radical (unpaired) electrons. The van der Waals surface area contributed by atoms with Gasteiger partial charge in [0.2, 0.25) is 11.8 Å². The molecule has 11 heteroatoms. The van der Waals surface area contributed by atoms with E-state index in [4.69, 9.17) is 11.6 Å². The van der Waals surface area contributed by atoms with Crippen LogP contribution in [0, 0.1) is 17.6 Å². The molecular weight excluding hydrogens is 552 g/mol. The molecule has 2 fully saturated rings. The van der Waals surface area contributed by atoms with Crippen LogP contribution in [0.4, 0.5) is 14.6 Å². The van der Waals surface area contributed by atoms with Crippen molar-refractivity contribution in [3.63, 3.8) is 0 Å². The van der Waals surface area contributed by atoms with Crippen LogP contribution in [0.15, 0.2) is 59.4 Å². The third kappa shape index (κ3) is 6.12. The molecule has 0 aliphatic carbocycles. The summed E-state index contributed by atoms with van der Waals surface area (Å²) >= 11 is 6.07. The molecule has 3 unspecified atom stereocenters. The number of benzene rings is 2. The number of hydrogen-bond donors (Lipinski definition) is 0. The normalized spacial score (nSPS) is 21.5. The van der Waals surface area contributed by atoms with Crippen LogP contribution in [0.1, 0.15) is 42.9 Å². The maximum absolute atomic E-state index is 15.0. The monoisotopic (exact) mass is 583 g/mol. The lowest BCUT2D eigenvalue weighted by atomic mass is 9.87.